The number of aliphatic hydroxyl groups excluding tert-OH is 2. The lowest BCUT2D eigenvalue weighted by atomic mass is 10.3. The van der Waals surface area contributed by atoms with Crippen LogP contribution in [0.4, 0.5) is 10.1 Å². The topological polar surface area (TPSA) is 104 Å². The van der Waals surface area contributed by atoms with Crippen LogP contribution in [0.5, 0.6) is 0 Å². The van der Waals surface area contributed by atoms with Gasteiger partial charge in [-0.05, 0) is 28.1 Å². The summed E-state index contributed by atoms with van der Waals surface area (Å²) in [6.45, 7) is -1.36. The van der Waals surface area contributed by atoms with Crippen molar-refractivity contribution in [3.8, 4) is 0 Å². The minimum absolute atomic E-state index is 0.0704. The first kappa shape index (κ1) is 16.3. The van der Waals surface area contributed by atoms with Gasteiger partial charge in [0.25, 0.3) is 0 Å². The molecule has 0 aliphatic carbocycles. The largest absolute Gasteiger partial charge is 0.399 e. The summed E-state index contributed by atoms with van der Waals surface area (Å²) in [7, 11) is -4.17. The number of hydrogen-bond acceptors (Lipinski definition) is 5. The van der Waals surface area contributed by atoms with Gasteiger partial charge in [-0.1, -0.05) is 0 Å². The zero-order chi connectivity index (χ0) is 14.6. The van der Waals surface area contributed by atoms with Crippen LogP contribution in [0.15, 0.2) is 21.5 Å². The molecule has 0 unspecified atom stereocenters. The first-order valence-corrected chi connectivity index (χ1v) is 7.54. The SMILES string of the molecule is Nc1cc(Br)c(F)c(S(=O)(=O)N(CCO)CCO)c1. The van der Waals surface area contributed by atoms with Crippen LogP contribution in [0.3, 0.4) is 0 Å². The molecule has 0 amide bonds. The molecule has 1 aromatic rings. The van der Waals surface area contributed by atoms with Gasteiger partial charge in [0.1, 0.15) is 4.90 Å². The van der Waals surface area contributed by atoms with Crippen molar-refractivity contribution >= 4 is 31.6 Å². The maximum atomic E-state index is 13.9. The van der Waals surface area contributed by atoms with Gasteiger partial charge in [-0.25, -0.2) is 12.8 Å². The van der Waals surface area contributed by atoms with Gasteiger partial charge < -0.3 is 15.9 Å². The Morgan fingerprint density at radius 2 is 1.79 bits per heavy atom. The number of nitrogens with two attached hydrogens (primary N) is 1. The van der Waals surface area contributed by atoms with E-state index in [1.165, 1.54) is 6.07 Å². The summed E-state index contributed by atoms with van der Waals surface area (Å²) in [4.78, 5) is -0.596. The second kappa shape index (κ2) is 6.62. The zero-order valence-electron chi connectivity index (χ0n) is 9.88. The Morgan fingerprint density at radius 1 is 1.26 bits per heavy atom. The Bertz CT molecular complexity index is 547. The lowest BCUT2D eigenvalue weighted by Crippen LogP contribution is -2.36. The molecule has 9 heteroatoms. The van der Waals surface area contributed by atoms with E-state index < -0.39 is 33.9 Å². The number of aliphatic hydroxyl groups is 2. The number of nitrogen functional groups attached to an aromatic ring is 1. The standard InChI is InChI=1S/C10H14BrFN2O4S/c11-8-5-7(13)6-9(10(8)12)19(17,18)14(1-3-15)2-4-16/h5-6,15-16H,1-4,13H2. The smallest absolute Gasteiger partial charge is 0.246 e. The van der Waals surface area contributed by atoms with E-state index >= 15 is 0 Å². The van der Waals surface area contributed by atoms with Crippen LogP contribution in [0.1, 0.15) is 0 Å². The van der Waals surface area contributed by atoms with E-state index in [0.717, 1.165) is 10.4 Å². The number of sulfonamides is 1. The average Bonchev–Trinajstić information content (AvgIpc) is 2.33. The molecular formula is C10H14BrFN2O4S. The van der Waals surface area contributed by atoms with Gasteiger partial charge in [-0.15, -0.1) is 0 Å². The van der Waals surface area contributed by atoms with E-state index in [0.29, 0.717) is 0 Å². The molecule has 0 heterocycles. The molecule has 0 bridgehead atoms. The molecule has 6 nitrogen and oxygen atoms in total. The molecule has 1 rings (SSSR count). The third-order valence-corrected chi connectivity index (χ3v) is 4.81. The van der Waals surface area contributed by atoms with Gasteiger partial charge in [-0.2, -0.15) is 4.31 Å². The minimum atomic E-state index is -4.17. The van der Waals surface area contributed by atoms with Gasteiger partial charge in [-0.3, -0.25) is 0 Å². The van der Waals surface area contributed by atoms with Crippen molar-refractivity contribution in [1.82, 2.24) is 4.31 Å². The van der Waals surface area contributed by atoms with Gasteiger partial charge in [0.05, 0.1) is 17.7 Å². The second-order valence-corrected chi connectivity index (χ2v) is 6.43. The number of anilines is 1. The molecular weight excluding hydrogens is 343 g/mol. The molecule has 4 N–H and O–H groups in total. The second-order valence-electron chi connectivity index (χ2n) is 3.67. The predicted molar refractivity (Wildman–Crippen MR) is 71.4 cm³/mol. The van der Waals surface area contributed by atoms with Crippen LogP contribution in [0.2, 0.25) is 0 Å². The number of hydrogen-bond donors (Lipinski definition) is 3. The zero-order valence-corrected chi connectivity index (χ0v) is 12.3. The monoisotopic (exact) mass is 356 g/mol. The van der Waals surface area contributed by atoms with Gasteiger partial charge in [0, 0.05) is 18.8 Å². The van der Waals surface area contributed by atoms with Crippen LogP contribution in [0.25, 0.3) is 0 Å². The third kappa shape index (κ3) is 3.63. The van der Waals surface area contributed by atoms with Crippen molar-refractivity contribution in [2.24, 2.45) is 0 Å². The number of nitrogens with zero attached hydrogens (tertiary/aromatic N) is 1. The fraction of sp³-hybridized carbons (Fsp3) is 0.400. The van der Waals surface area contributed by atoms with E-state index in [9.17, 15) is 12.8 Å². The summed E-state index contributed by atoms with van der Waals surface area (Å²) in [5, 5.41) is 17.7. The van der Waals surface area contributed by atoms with Crippen LogP contribution < -0.4 is 5.73 Å². The third-order valence-electron chi connectivity index (χ3n) is 2.33. The van der Waals surface area contributed by atoms with E-state index in [1.807, 2.05) is 0 Å². The van der Waals surface area contributed by atoms with Crippen molar-refractivity contribution in [2.75, 3.05) is 32.0 Å². The molecule has 0 fully saturated rings. The summed E-state index contributed by atoms with van der Waals surface area (Å²) in [6, 6.07) is 2.24. The Morgan fingerprint density at radius 3 is 2.26 bits per heavy atom. The summed E-state index contributed by atoms with van der Waals surface area (Å²) in [5.41, 5.74) is 5.58. The van der Waals surface area contributed by atoms with Crippen LogP contribution >= 0.6 is 15.9 Å². The highest BCUT2D eigenvalue weighted by Crippen LogP contribution is 2.28. The predicted octanol–water partition coefficient (Wildman–Crippen LogP) is 0.146. The Kier molecular flexibility index (Phi) is 5.68. The highest BCUT2D eigenvalue weighted by molar-refractivity contribution is 9.10. The number of halogens is 2. The summed E-state index contributed by atoms with van der Waals surface area (Å²) >= 11 is 2.88. The minimum Gasteiger partial charge on any atom is -0.399 e. The number of benzene rings is 1. The average molecular weight is 357 g/mol. The van der Waals surface area contributed by atoms with Gasteiger partial charge in [0.2, 0.25) is 10.0 Å². The molecule has 1 aromatic carbocycles. The molecule has 0 saturated heterocycles. The highest BCUT2D eigenvalue weighted by Gasteiger charge is 2.28. The molecule has 0 spiro atoms. The summed E-state index contributed by atoms with van der Waals surface area (Å²) < 4.78 is 39.1. The lowest BCUT2D eigenvalue weighted by Gasteiger charge is -2.21. The van der Waals surface area contributed by atoms with Crippen molar-refractivity contribution in [1.29, 1.82) is 0 Å². The van der Waals surface area contributed by atoms with E-state index in [4.69, 9.17) is 15.9 Å². The molecule has 0 aliphatic rings. The molecule has 0 saturated carbocycles. The Hall–Kier alpha value is -0.740. The van der Waals surface area contributed by atoms with Crippen LogP contribution in [0, 0.1) is 5.82 Å². The fourth-order valence-corrected chi connectivity index (χ4v) is 3.64. The van der Waals surface area contributed by atoms with E-state index in [-0.39, 0.29) is 23.2 Å². The normalized spacial score (nSPS) is 12.1. The van der Waals surface area contributed by atoms with Crippen LogP contribution in [-0.4, -0.2) is 49.2 Å². The lowest BCUT2D eigenvalue weighted by molar-refractivity contribution is 0.217. The first-order chi connectivity index (χ1) is 8.84. The van der Waals surface area contributed by atoms with E-state index in [1.54, 1.807) is 0 Å². The van der Waals surface area contributed by atoms with Gasteiger partial charge in [0.15, 0.2) is 5.82 Å². The molecule has 0 aliphatic heterocycles. The van der Waals surface area contributed by atoms with Crippen molar-refractivity contribution in [3.05, 3.63) is 22.4 Å². The van der Waals surface area contributed by atoms with Crippen LogP contribution in [-0.2, 0) is 10.0 Å². The Balaban J connectivity index is 3.32. The van der Waals surface area contributed by atoms with Crippen molar-refractivity contribution in [3.63, 3.8) is 0 Å². The molecule has 108 valence electrons. The molecule has 0 radical (unpaired) electrons. The molecule has 0 atom stereocenters. The molecule has 19 heavy (non-hydrogen) atoms. The van der Waals surface area contributed by atoms with Crippen molar-refractivity contribution in [2.45, 2.75) is 4.90 Å². The Labute approximate surface area is 118 Å². The maximum Gasteiger partial charge on any atom is 0.246 e. The summed E-state index contributed by atoms with van der Waals surface area (Å²) in [5.74, 6) is -0.963. The van der Waals surface area contributed by atoms with Gasteiger partial charge >= 0.3 is 0 Å². The fourth-order valence-electron chi connectivity index (χ4n) is 1.49. The summed E-state index contributed by atoms with van der Waals surface area (Å²) in [6.07, 6.45) is 0. The quantitative estimate of drug-likeness (QED) is 0.629. The molecule has 0 aromatic heterocycles. The van der Waals surface area contributed by atoms with Crippen molar-refractivity contribution < 1.29 is 23.0 Å². The first-order valence-electron chi connectivity index (χ1n) is 5.31. The number of rotatable bonds is 6. The van der Waals surface area contributed by atoms with E-state index in [2.05, 4.69) is 15.9 Å². The maximum absolute atomic E-state index is 13.9. The highest BCUT2D eigenvalue weighted by atomic mass is 79.9.